The van der Waals surface area contributed by atoms with E-state index in [1.807, 2.05) is 0 Å². The van der Waals surface area contributed by atoms with Gasteiger partial charge >= 0.3 is 11.9 Å². The van der Waals surface area contributed by atoms with E-state index >= 15 is 0 Å². The van der Waals surface area contributed by atoms with Crippen LogP contribution in [0.15, 0.2) is 0 Å². The molecule has 0 radical (unpaired) electrons. The lowest BCUT2D eigenvalue weighted by molar-refractivity contribution is -0.158. The minimum Gasteiger partial charge on any atom is -0.478 e. The maximum Gasteiger partial charge on any atom is 0.344 e. The first kappa shape index (κ1) is 17.7. The fraction of sp³-hybridized carbons (Fsp3) is 0.667. The van der Waals surface area contributed by atoms with Crippen LogP contribution in [0.3, 0.4) is 0 Å². The summed E-state index contributed by atoms with van der Waals surface area (Å²) in [7, 11) is 7.97. The first-order chi connectivity index (χ1) is 8.50. The molecule has 0 unspecified atom stereocenters. The van der Waals surface area contributed by atoms with Gasteiger partial charge in [0.2, 0.25) is 0 Å². The SMILES string of the molecule is BC(B)(CC(B)(B)C(=O)OCC(=O)OC)OC(C)=O. The number of carbonyl (C=O) groups excluding carboxylic acids is 3. The Hall–Kier alpha value is -1.33. The number of ether oxygens (including phenoxy) is 3. The highest BCUT2D eigenvalue weighted by Crippen LogP contribution is 2.29. The molecule has 0 aromatic carbocycles. The van der Waals surface area contributed by atoms with Gasteiger partial charge in [0.25, 0.3) is 5.97 Å². The van der Waals surface area contributed by atoms with Crippen molar-refractivity contribution in [3.05, 3.63) is 0 Å². The summed E-state index contributed by atoms with van der Waals surface area (Å²) in [6, 6.07) is 0. The number of hydrogen-bond acceptors (Lipinski definition) is 6. The van der Waals surface area contributed by atoms with Gasteiger partial charge in [-0.1, -0.05) is 0 Å². The highest BCUT2D eigenvalue weighted by molar-refractivity contribution is 6.51. The van der Waals surface area contributed by atoms with Gasteiger partial charge in [-0.2, -0.15) is 0 Å². The van der Waals surface area contributed by atoms with E-state index in [0.717, 1.165) is 0 Å². The molecule has 0 aliphatic heterocycles. The van der Waals surface area contributed by atoms with Crippen molar-refractivity contribution in [2.75, 3.05) is 13.7 Å². The monoisotopic (exact) mass is 266 g/mol. The predicted octanol–water partition coefficient (Wildman–Crippen LogP) is -4.04. The maximum atomic E-state index is 11.9. The molecule has 0 spiro atoms. The first-order valence-corrected chi connectivity index (χ1v) is 5.94. The molecule has 0 aliphatic rings. The normalized spacial score (nSPS) is 11.5. The van der Waals surface area contributed by atoms with E-state index in [0.29, 0.717) is 0 Å². The van der Waals surface area contributed by atoms with Crippen LogP contribution in [0, 0.1) is 0 Å². The molecule has 0 atom stereocenters. The third-order valence-corrected chi connectivity index (χ3v) is 2.39. The molecule has 19 heavy (non-hydrogen) atoms. The molecule has 0 fully saturated rings. The quantitative estimate of drug-likeness (QED) is 0.276. The number of methoxy groups -OCH3 is 1. The van der Waals surface area contributed by atoms with Crippen molar-refractivity contribution in [2.24, 2.45) is 0 Å². The molecule has 0 N–H and O–H groups in total. The first-order valence-electron chi connectivity index (χ1n) is 5.94. The molecule has 0 saturated heterocycles. The Morgan fingerprint density at radius 1 is 1.11 bits per heavy atom. The van der Waals surface area contributed by atoms with Crippen LogP contribution in [-0.4, -0.2) is 68.4 Å². The van der Waals surface area contributed by atoms with Gasteiger partial charge in [0, 0.05) is 17.5 Å². The lowest BCUT2D eigenvalue weighted by atomic mass is 9.45. The molecule has 0 amide bonds. The zero-order chi connectivity index (χ0) is 15.3. The van der Waals surface area contributed by atoms with Crippen molar-refractivity contribution in [1.82, 2.24) is 0 Å². The lowest BCUT2D eigenvalue weighted by Gasteiger charge is -2.33. The average molecular weight is 265 g/mol. The minimum atomic E-state index is -0.882. The molecule has 0 heterocycles. The van der Waals surface area contributed by atoms with Crippen molar-refractivity contribution in [2.45, 2.75) is 24.0 Å². The number of rotatable bonds is 6. The summed E-state index contributed by atoms with van der Waals surface area (Å²) in [6.07, 6.45) is 0.277. The minimum absolute atomic E-state index is 0.277. The summed E-state index contributed by atoms with van der Waals surface area (Å²) in [5.74, 6) is -1.58. The fourth-order valence-corrected chi connectivity index (χ4v) is 1.94. The Balaban J connectivity index is 4.56. The van der Waals surface area contributed by atoms with Crippen molar-refractivity contribution >= 4 is 49.3 Å². The van der Waals surface area contributed by atoms with E-state index in [1.54, 1.807) is 31.4 Å². The van der Waals surface area contributed by atoms with E-state index < -0.39 is 35.1 Å². The topological polar surface area (TPSA) is 78.9 Å². The van der Waals surface area contributed by atoms with Crippen LogP contribution in [0.1, 0.15) is 13.3 Å². The summed E-state index contributed by atoms with van der Waals surface area (Å²) in [6.45, 7) is 0.886. The fourth-order valence-electron chi connectivity index (χ4n) is 1.94. The largest absolute Gasteiger partial charge is 0.478 e. The summed E-state index contributed by atoms with van der Waals surface area (Å²) in [5.41, 5.74) is 0. The van der Waals surface area contributed by atoms with E-state index in [1.165, 1.54) is 14.0 Å². The Labute approximate surface area is 116 Å². The van der Waals surface area contributed by atoms with Crippen LogP contribution < -0.4 is 0 Å². The van der Waals surface area contributed by atoms with Gasteiger partial charge in [0.1, 0.15) is 31.4 Å². The average Bonchev–Trinajstić information content (AvgIpc) is 2.21. The molecule has 102 valence electrons. The second-order valence-corrected chi connectivity index (χ2v) is 5.57. The second-order valence-electron chi connectivity index (χ2n) is 5.57. The molecule has 0 aromatic rings. The van der Waals surface area contributed by atoms with Crippen LogP contribution >= 0.6 is 0 Å². The van der Waals surface area contributed by atoms with Crippen LogP contribution in [0.25, 0.3) is 0 Å². The highest BCUT2D eigenvalue weighted by Gasteiger charge is 2.37. The van der Waals surface area contributed by atoms with Crippen molar-refractivity contribution in [3.63, 3.8) is 0 Å². The van der Waals surface area contributed by atoms with E-state index in [4.69, 9.17) is 9.47 Å². The number of carbonyl (C=O) groups is 3. The predicted molar refractivity (Wildman–Crippen MR) is 79.0 cm³/mol. The summed E-state index contributed by atoms with van der Waals surface area (Å²) in [4.78, 5) is 33.8. The zero-order valence-electron chi connectivity index (χ0n) is 12.4. The van der Waals surface area contributed by atoms with Gasteiger partial charge in [-0.3, -0.25) is 9.59 Å². The third-order valence-electron chi connectivity index (χ3n) is 2.39. The molecule has 0 rings (SSSR count). The lowest BCUT2D eigenvalue weighted by Crippen LogP contribution is -2.43. The van der Waals surface area contributed by atoms with Gasteiger partial charge in [-0.15, -0.1) is 0 Å². The highest BCUT2D eigenvalue weighted by atomic mass is 16.6. The Morgan fingerprint density at radius 2 is 1.63 bits per heavy atom. The van der Waals surface area contributed by atoms with Gasteiger partial charge in [0.05, 0.1) is 7.11 Å². The van der Waals surface area contributed by atoms with Gasteiger partial charge in [-0.25, -0.2) is 4.79 Å². The molecule has 10 heteroatoms. The molecule has 0 aliphatic carbocycles. The molecule has 0 aromatic heterocycles. The van der Waals surface area contributed by atoms with Crippen LogP contribution in [0.2, 0.25) is 5.21 Å². The summed E-state index contributed by atoms with van der Waals surface area (Å²) in [5, 5.41) is -1.67. The van der Waals surface area contributed by atoms with Crippen LogP contribution in [0.4, 0.5) is 0 Å². The number of hydrogen-bond donors (Lipinski definition) is 0. The van der Waals surface area contributed by atoms with Crippen molar-refractivity contribution in [3.8, 4) is 0 Å². The van der Waals surface area contributed by atoms with E-state index in [2.05, 4.69) is 4.74 Å². The van der Waals surface area contributed by atoms with E-state index in [-0.39, 0.29) is 6.42 Å². The van der Waals surface area contributed by atoms with Crippen molar-refractivity contribution in [1.29, 1.82) is 0 Å². The Morgan fingerprint density at radius 3 is 2.05 bits per heavy atom. The second kappa shape index (κ2) is 6.73. The maximum absolute atomic E-state index is 11.9. The van der Waals surface area contributed by atoms with Gasteiger partial charge < -0.3 is 14.2 Å². The Bertz CT molecular complexity index is 368. The number of esters is 3. The molecule has 0 bridgehead atoms. The zero-order valence-corrected chi connectivity index (χ0v) is 12.4. The van der Waals surface area contributed by atoms with Crippen LogP contribution in [-0.2, 0) is 28.6 Å². The standard InChI is InChI=1S/C9H18B4O6/c1-5(14)19-9(12,13)4-8(10,11)7(16)18-3-6(15)17-2/h3-4,10-13H2,1-2H3. The molecular weight excluding hydrogens is 247 g/mol. The van der Waals surface area contributed by atoms with Crippen LogP contribution in [0.5, 0.6) is 0 Å². The van der Waals surface area contributed by atoms with Gasteiger partial charge in [0.15, 0.2) is 6.61 Å². The third kappa shape index (κ3) is 6.98. The molecular formula is C9H18B4O6. The van der Waals surface area contributed by atoms with E-state index in [9.17, 15) is 14.4 Å². The van der Waals surface area contributed by atoms with Crippen molar-refractivity contribution < 1.29 is 28.6 Å². The Kier molecular flexibility index (Phi) is 6.25. The summed E-state index contributed by atoms with van der Waals surface area (Å²) >= 11 is 0. The smallest absolute Gasteiger partial charge is 0.344 e. The van der Waals surface area contributed by atoms with Gasteiger partial charge in [-0.05, 0) is 6.42 Å². The summed E-state index contributed by atoms with van der Waals surface area (Å²) < 4.78 is 14.4. The molecule has 0 saturated carbocycles. The molecule has 6 nitrogen and oxygen atoms in total.